The summed E-state index contributed by atoms with van der Waals surface area (Å²) in [7, 11) is 1.46. The first-order valence-electron chi connectivity index (χ1n) is 4.94. The summed E-state index contributed by atoms with van der Waals surface area (Å²) in [5, 5.41) is 12.6. The number of carbonyl (C=O) groups excluding carboxylic acids is 1. The molecular weight excluding hydrogens is 418 g/mol. The van der Waals surface area contributed by atoms with Crippen molar-refractivity contribution >= 4 is 72.1 Å². The second-order valence-electron chi connectivity index (χ2n) is 3.49. The number of phenolic OH excluding ortho intramolecular Hbond substituents is 1. The van der Waals surface area contributed by atoms with Crippen LogP contribution in [0, 0.1) is 0 Å². The number of carbonyl (C=O) groups is 1. The maximum absolute atomic E-state index is 11.6. The number of nitrogens with one attached hydrogen (secondary N) is 1. The Morgan fingerprint density at radius 1 is 1.53 bits per heavy atom. The highest BCUT2D eigenvalue weighted by atomic mass is 79.9. The third-order valence-electron chi connectivity index (χ3n) is 2.33. The Labute approximate surface area is 135 Å². The van der Waals surface area contributed by atoms with E-state index >= 15 is 0 Å². The molecule has 1 fully saturated rings. The highest BCUT2D eigenvalue weighted by Crippen LogP contribution is 2.42. The Bertz CT molecular complexity index is 616. The van der Waals surface area contributed by atoms with Gasteiger partial charge in [-0.3, -0.25) is 4.79 Å². The minimum atomic E-state index is -0.278. The molecule has 19 heavy (non-hydrogen) atoms. The lowest BCUT2D eigenvalue weighted by Gasteiger charge is -2.10. The molecule has 0 radical (unpaired) electrons. The van der Waals surface area contributed by atoms with Gasteiger partial charge in [-0.1, -0.05) is 24.0 Å². The van der Waals surface area contributed by atoms with Crippen LogP contribution in [0.1, 0.15) is 5.56 Å². The molecule has 2 N–H and O–H groups in total. The van der Waals surface area contributed by atoms with E-state index < -0.39 is 0 Å². The van der Waals surface area contributed by atoms with Gasteiger partial charge in [0.2, 0.25) is 0 Å². The van der Waals surface area contributed by atoms with Crippen LogP contribution in [0.3, 0.4) is 0 Å². The number of benzene rings is 1. The first-order valence-corrected chi connectivity index (χ1v) is 7.75. The maximum Gasteiger partial charge on any atom is 0.263 e. The monoisotopic (exact) mass is 423 g/mol. The summed E-state index contributed by atoms with van der Waals surface area (Å²) in [4.78, 5) is 12.0. The number of hydrogen-bond acceptors (Lipinski definition) is 5. The number of amides is 1. The van der Waals surface area contributed by atoms with Gasteiger partial charge in [-0.15, -0.1) is 0 Å². The molecule has 1 saturated heterocycles. The third kappa shape index (κ3) is 2.96. The number of rotatable bonds is 2. The molecule has 8 heteroatoms. The topological polar surface area (TPSA) is 58.6 Å². The minimum absolute atomic E-state index is 0.0451. The predicted molar refractivity (Wildman–Crippen MR) is 86.4 cm³/mol. The molecule has 100 valence electrons. The fraction of sp³-hybridized carbons (Fsp3) is 0.0909. The van der Waals surface area contributed by atoms with Crippen LogP contribution in [-0.4, -0.2) is 22.4 Å². The summed E-state index contributed by atoms with van der Waals surface area (Å²) in [6.45, 7) is 0. The number of aromatic hydroxyl groups is 1. The van der Waals surface area contributed by atoms with E-state index in [1.807, 2.05) is 0 Å². The van der Waals surface area contributed by atoms with Crippen LogP contribution in [0.2, 0.25) is 0 Å². The Hall–Kier alpha value is -0.570. The summed E-state index contributed by atoms with van der Waals surface area (Å²) < 4.78 is 6.81. The van der Waals surface area contributed by atoms with Crippen molar-refractivity contribution in [1.29, 1.82) is 0 Å². The average Bonchev–Trinajstić information content (AvgIpc) is 2.68. The average molecular weight is 425 g/mol. The highest BCUT2D eigenvalue weighted by Gasteiger charge is 2.24. The van der Waals surface area contributed by atoms with Crippen molar-refractivity contribution in [2.24, 2.45) is 0 Å². The van der Waals surface area contributed by atoms with E-state index in [9.17, 15) is 9.90 Å². The number of phenols is 1. The van der Waals surface area contributed by atoms with Crippen LogP contribution in [0.4, 0.5) is 0 Å². The lowest BCUT2D eigenvalue weighted by Crippen LogP contribution is -2.17. The Balaban J connectivity index is 2.57. The smallest absolute Gasteiger partial charge is 0.263 e. The Morgan fingerprint density at radius 3 is 2.74 bits per heavy atom. The minimum Gasteiger partial charge on any atom is -0.504 e. The van der Waals surface area contributed by atoms with E-state index in [1.54, 1.807) is 12.1 Å². The highest BCUT2D eigenvalue weighted by molar-refractivity contribution is 9.13. The zero-order valence-electron chi connectivity index (χ0n) is 9.49. The molecule has 0 bridgehead atoms. The normalized spacial score (nSPS) is 16.9. The van der Waals surface area contributed by atoms with Crippen LogP contribution in [-0.2, 0) is 4.79 Å². The maximum atomic E-state index is 11.6. The van der Waals surface area contributed by atoms with Gasteiger partial charge in [-0.05, 0) is 44.0 Å². The Kier molecular flexibility index (Phi) is 4.54. The van der Waals surface area contributed by atoms with Crippen LogP contribution < -0.4 is 10.1 Å². The van der Waals surface area contributed by atoms with E-state index in [1.165, 1.54) is 7.11 Å². The van der Waals surface area contributed by atoms with Gasteiger partial charge < -0.3 is 15.2 Å². The van der Waals surface area contributed by atoms with E-state index in [0.29, 0.717) is 29.5 Å². The van der Waals surface area contributed by atoms with Gasteiger partial charge in [0.15, 0.2) is 11.5 Å². The van der Waals surface area contributed by atoms with Gasteiger partial charge in [0.25, 0.3) is 5.91 Å². The molecule has 0 saturated carbocycles. The second-order valence-corrected chi connectivity index (χ2v) is 6.86. The van der Waals surface area contributed by atoms with Gasteiger partial charge in [0, 0.05) is 14.5 Å². The van der Waals surface area contributed by atoms with Crippen molar-refractivity contribution in [3.63, 3.8) is 0 Å². The van der Waals surface area contributed by atoms with Gasteiger partial charge in [0.1, 0.15) is 4.32 Å². The van der Waals surface area contributed by atoms with Crippen LogP contribution in [0.5, 0.6) is 11.5 Å². The number of methoxy groups -OCH3 is 1. The van der Waals surface area contributed by atoms with Gasteiger partial charge in [-0.25, -0.2) is 0 Å². The predicted octanol–water partition coefficient (Wildman–Crippen LogP) is 3.41. The van der Waals surface area contributed by atoms with Crippen LogP contribution >= 0.6 is 55.8 Å². The molecule has 1 amide bonds. The van der Waals surface area contributed by atoms with Crippen molar-refractivity contribution in [2.75, 3.05) is 7.11 Å². The number of ether oxygens (including phenoxy) is 1. The van der Waals surface area contributed by atoms with Crippen molar-refractivity contribution in [3.05, 3.63) is 25.5 Å². The molecule has 0 spiro atoms. The second kappa shape index (κ2) is 5.82. The SMILES string of the molecule is COc1cc(Br)c(Br)c(C=C2SC(=S)NC2=O)c1O. The van der Waals surface area contributed by atoms with Gasteiger partial charge in [0.05, 0.1) is 12.0 Å². The summed E-state index contributed by atoms with van der Waals surface area (Å²) in [6.07, 6.45) is 1.56. The largest absolute Gasteiger partial charge is 0.504 e. The van der Waals surface area contributed by atoms with Crippen molar-refractivity contribution < 1.29 is 14.6 Å². The molecular formula is C11H7Br2NO3S2. The van der Waals surface area contributed by atoms with Crippen molar-refractivity contribution in [3.8, 4) is 11.5 Å². The standard InChI is InChI=1S/C11H7Br2NO3S2/c1-17-6-3-5(12)8(13)4(9(6)15)2-7-10(16)14-11(18)19-7/h2-3,15H,1H3,(H,14,16,18). The molecule has 0 aromatic heterocycles. The van der Waals surface area contributed by atoms with E-state index in [4.69, 9.17) is 17.0 Å². The van der Waals surface area contributed by atoms with E-state index in [-0.39, 0.29) is 11.7 Å². The zero-order valence-corrected chi connectivity index (χ0v) is 14.3. The quantitative estimate of drug-likeness (QED) is 0.562. The molecule has 0 aliphatic carbocycles. The van der Waals surface area contributed by atoms with Crippen molar-refractivity contribution in [2.45, 2.75) is 0 Å². The first-order chi connectivity index (χ1) is 8.93. The number of thioether (sulfide) groups is 1. The molecule has 1 aliphatic rings. The first kappa shape index (κ1) is 14.8. The lowest BCUT2D eigenvalue weighted by atomic mass is 10.1. The summed E-state index contributed by atoms with van der Waals surface area (Å²) >= 11 is 12.8. The van der Waals surface area contributed by atoms with E-state index in [2.05, 4.69) is 37.2 Å². The summed E-state index contributed by atoms with van der Waals surface area (Å²) in [5.74, 6) is -0.00978. The van der Waals surface area contributed by atoms with Crippen LogP contribution in [0.15, 0.2) is 19.9 Å². The van der Waals surface area contributed by atoms with Gasteiger partial charge in [-0.2, -0.15) is 0 Å². The molecule has 1 aliphatic heterocycles. The molecule has 1 aromatic carbocycles. The molecule has 0 unspecified atom stereocenters. The Morgan fingerprint density at radius 2 is 2.21 bits per heavy atom. The number of hydrogen-bond donors (Lipinski definition) is 2. The fourth-order valence-corrected chi connectivity index (χ4v) is 3.32. The van der Waals surface area contributed by atoms with Crippen LogP contribution in [0.25, 0.3) is 6.08 Å². The number of halogens is 2. The van der Waals surface area contributed by atoms with Gasteiger partial charge >= 0.3 is 0 Å². The molecule has 4 nitrogen and oxygen atoms in total. The lowest BCUT2D eigenvalue weighted by molar-refractivity contribution is -0.115. The molecule has 0 atom stereocenters. The third-order valence-corrected chi connectivity index (χ3v) is 5.50. The van der Waals surface area contributed by atoms with E-state index in [0.717, 1.165) is 11.8 Å². The zero-order chi connectivity index (χ0) is 14.2. The summed E-state index contributed by atoms with van der Waals surface area (Å²) in [5.41, 5.74) is 0.452. The summed E-state index contributed by atoms with van der Waals surface area (Å²) in [6, 6.07) is 1.63. The molecule has 1 heterocycles. The fourth-order valence-electron chi connectivity index (χ4n) is 1.45. The number of thiocarbonyl (C=S) groups is 1. The molecule has 1 aromatic rings. The molecule has 2 rings (SSSR count). The van der Waals surface area contributed by atoms with Crippen molar-refractivity contribution in [1.82, 2.24) is 5.32 Å².